The van der Waals surface area contributed by atoms with Gasteiger partial charge >= 0.3 is 0 Å². The van der Waals surface area contributed by atoms with Gasteiger partial charge in [0, 0.05) is 41.9 Å². The molecule has 3 aromatic rings. The van der Waals surface area contributed by atoms with E-state index in [1.807, 2.05) is 24.3 Å². The molecule has 0 bridgehead atoms. The molecular weight excluding hydrogens is 418 g/mol. The van der Waals surface area contributed by atoms with Crippen LogP contribution in [0.15, 0.2) is 66.7 Å². The van der Waals surface area contributed by atoms with E-state index in [-0.39, 0.29) is 36.6 Å². The molecule has 0 saturated carbocycles. The fourth-order valence-corrected chi connectivity index (χ4v) is 4.21. The van der Waals surface area contributed by atoms with Crippen LogP contribution in [0.2, 0.25) is 0 Å². The Bertz CT molecular complexity index is 1300. The highest BCUT2D eigenvalue weighted by molar-refractivity contribution is 6.22. The summed E-state index contributed by atoms with van der Waals surface area (Å²) in [6.07, 6.45) is 0. The van der Waals surface area contributed by atoms with Crippen LogP contribution < -0.4 is 10.6 Å². The molecule has 7 heteroatoms. The van der Waals surface area contributed by atoms with E-state index in [1.54, 1.807) is 42.5 Å². The summed E-state index contributed by atoms with van der Waals surface area (Å²) in [5.74, 6) is -0.696. The number of amides is 3. The third-order valence-corrected chi connectivity index (χ3v) is 5.97. The molecule has 2 N–H and O–H groups in total. The highest BCUT2D eigenvalue weighted by Crippen LogP contribution is 2.36. The Balaban J connectivity index is 1.23. The number of ketones is 1. The van der Waals surface area contributed by atoms with Crippen LogP contribution in [0.5, 0.6) is 0 Å². The van der Waals surface area contributed by atoms with Gasteiger partial charge in [-0.3, -0.25) is 19.2 Å². The molecule has 0 unspecified atom stereocenters. The lowest BCUT2D eigenvalue weighted by Gasteiger charge is -2.26. The van der Waals surface area contributed by atoms with Gasteiger partial charge in [0.2, 0.25) is 5.91 Å². The van der Waals surface area contributed by atoms with Gasteiger partial charge in [-0.25, -0.2) is 0 Å². The zero-order valence-corrected chi connectivity index (χ0v) is 17.8. The molecule has 164 valence electrons. The number of piperazine rings is 1. The fraction of sp³-hybridized carbons (Fsp3) is 0.154. The zero-order valence-electron chi connectivity index (χ0n) is 17.8. The molecule has 1 aliphatic heterocycles. The lowest BCUT2D eigenvalue weighted by molar-refractivity contribution is -0.123. The van der Waals surface area contributed by atoms with E-state index >= 15 is 0 Å². The number of carbonyl (C=O) groups is 4. The van der Waals surface area contributed by atoms with Crippen molar-refractivity contribution < 1.29 is 19.2 Å². The maximum Gasteiger partial charge on any atom is 0.254 e. The third-order valence-electron chi connectivity index (χ3n) is 5.97. The first-order valence-electron chi connectivity index (χ1n) is 10.7. The van der Waals surface area contributed by atoms with Crippen LogP contribution in [0.4, 0.5) is 0 Å². The molecular formula is C26H21N3O4. The Morgan fingerprint density at radius 2 is 1.55 bits per heavy atom. The SMILES string of the molecule is O=C1CN(C(=O)c2ccc(CNC(=O)c3ccc4c(c3)C(=O)c3ccccc3-4)cc2)CCN1. The van der Waals surface area contributed by atoms with Crippen molar-refractivity contribution in [3.05, 3.63) is 94.5 Å². The maximum absolute atomic E-state index is 12.7. The molecule has 1 aliphatic carbocycles. The molecule has 7 nitrogen and oxygen atoms in total. The van der Waals surface area contributed by atoms with Crippen molar-refractivity contribution in [2.45, 2.75) is 6.54 Å². The summed E-state index contributed by atoms with van der Waals surface area (Å²) in [4.78, 5) is 50.9. The minimum atomic E-state index is -0.277. The number of hydrogen-bond donors (Lipinski definition) is 2. The zero-order chi connectivity index (χ0) is 22.9. The number of hydrogen-bond acceptors (Lipinski definition) is 4. The van der Waals surface area contributed by atoms with Crippen molar-refractivity contribution in [2.75, 3.05) is 19.6 Å². The van der Waals surface area contributed by atoms with Crippen LogP contribution in [0, 0.1) is 0 Å². The number of benzene rings is 3. The molecule has 0 spiro atoms. The smallest absolute Gasteiger partial charge is 0.254 e. The largest absolute Gasteiger partial charge is 0.353 e. The third kappa shape index (κ3) is 3.89. The van der Waals surface area contributed by atoms with Gasteiger partial charge in [0.25, 0.3) is 11.8 Å². The van der Waals surface area contributed by atoms with Gasteiger partial charge in [0.1, 0.15) is 0 Å². The predicted molar refractivity (Wildman–Crippen MR) is 122 cm³/mol. The minimum absolute atomic E-state index is 0.0605. The maximum atomic E-state index is 12.7. The number of nitrogens with one attached hydrogen (secondary N) is 2. The minimum Gasteiger partial charge on any atom is -0.353 e. The van der Waals surface area contributed by atoms with Crippen LogP contribution in [0.1, 0.15) is 42.2 Å². The Hall–Kier alpha value is -4.26. The van der Waals surface area contributed by atoms with E-state index in [0.29, 0.717) is 35.3 Å². The number of fused-ring (bicyclic) bond motifs is 3. The number of nitrogens with zero attached hydrogens (tertiary/aromatic N) is 1. The summed E-state index contributed by atoms with van der Waals surface area (Å²) in [5, 5.41) is 5.56. The van der Waals surface area contributed by atoms with E-state index in [1.165, 1.54) is 4.90 Å². The second-order valence-corrected chi connectivity index (χ2v) is 8.09. The molecule has 3 aromatic carbocycles. The second-order valence-electron chi connectivity index (χ2n) is 8.09. The number of carbonyl (C=O) groups excluding carboxylic acids is 4. The average Bonchev–Trinajstić information content (AvgIpc) is 3.14. The van der Waals surface area contributed by atoms with Gasteiger partial charge in [-0.05, 0) is 41.0 Å². The molecule has 0 aromatic heterocycles. The van der Waals surface area contributed by atoms with E-state index < -0.39 is 0 Å². The lowest BCUT2D eigenvalue weighted by atomic mass is 10.0. The normalized spacial score (nSPS) is 14.4. The summed E-state index contributed by atoms with van der Waals surface area (Å²) in [6.45, 7) is 1.28. The van der Waals surface area contributed by atoms with Crippen molar-refractivity contribution in [1.82, 2.24) is 15.5 Å². The molecule has 1 saturated heterocycles. The Labute approximate surface area is 190 Å². The van der Waals surface area contributed by atoms with E-state index in [4.69, 9.17) is 0 Å². The van der Waals surface area contributed by atoms with Crippen molar-refractivity contribution in [1.29, 1.82) is 0 Å². The monoisotopic (exact) mass is 439 g/mol. The summed E-state index contributed by atoms with van der Waals surface area (Å²) in [7, 11) is 0. The van der Waals surface area contributed by atoms with Gasteiger partial charge in [-0.2, -0.15) is 0 Å². The molecule has 5 rings (SSSR count). The van der Waals surface area contributed by atoms with Gasteiger partial charge in [-0.15, -0.1) is 0 Å². The van der Waals surface area contributed by atoms with Crippen LogP contribution in [-0.2, 0) is 11.3 Å². The Morgan fingerprint density at radius 3 is 2.30 bits per heavy atom. The van der Waals surface area contributed by atoms with Crippen molar-refractivity contribution in [3.8, 4) is 11.1 Å². The average molecular weight is 439 g/mol. The topological polar surface area (TPSA) is 95.6 Å². The lowest BCUT2D eigenvalue weighted by Crippen LogP contribution is -2.49. The molecule has 1 fully saturated rings. The van der Waals surface area contributed by atoms with E-state index in [0.717, 1.165) is 16.7 Å². The standard InChI is InChI=1S/C26H21N3O4/c30-23-15-29(12-11-27-23)26(33)17-7-5-16(6-8-17)14-28-25(32)18-9-10-20-19-3-1-2-4-21(19)24(31)22(20)13-18/h1-10,13H,11-12,14-15H2,(H,27,30)(H,28,32). The van der Waals surface area contributed by atoms with E-state index in [2.05, 4.69) is 10.6 Å². The summed E-state index contributed by atoms with van der Waals surface area (Å²) in [5.41, 5.74) is 4.69. The van der Waals surface area contributed by atoms with Crippen LogP contribution in [0.25, 0.3) is 11.1 Å². The van der Waals surface area contributed by atoms with Gasteiger partial charge in [0.05, 0.1) is 6.54 Å². The predicted octanol–water partition coefficient (Wildman–Crippen LogP) is 2.40. The highest BCUT2D eigenvalue weighted by Gasteiger charge is 2.27. The van der Waals surface area contributed by atoms with Crippen molar-refractivity contribution in [2.24, 2.45) is 0 Å². The van der Waals surface area contributed by atoms with Gasteiger partial charge in [0.15, 0.2) is 5.78 Å². The number of rotatable bonds is 4. The van der Waals surface area contributed by atoms with Crippen LogP contribution in [0.3, 0.4) is 0 Å². The fourth-order valence-electron chi connectivity index (χ4n) is 4.21. The summed E-state index contributed by atoms with van der Waals surface area (Å²) < 4.78 is 0. The van der Waals surface area contributed by atoms with Gasteiger partial charge in [-0.1, -0.05) is 42.5 Å². The van der Waals surface area contributed by atoms with E-state index in [9.17, 15) is 19.2 Å². The Kier molecular flexibility index (Phi) is 5.22. The first-order valence-corrected chi connectivity index (χ1v) is 10.7. The molecule has 0 radical (unpaired) electrons. The summed E-state index contributed by atoms with van der Waals surface area (Å²) >= 11 is 0. The molecule has 3 amide bonds. The van der Waals surface area contributed by atoms with Crippen molar-refractivity contribution >= 4 is 23.5 Å². The van der Waals surface area contributed by atoms with Crippen LogP contribution >= 0.6 is 0 Å². The summed E-state index contributed by atoms with van der Waals surface area (Å²) in [6, 6.07) is 19.6. The first kappa shape index (κ1) is 20.6. The quantitative estimate of drug-likeness (QED) is 0.511. The van der Waals surface area contributed by atoms with Crippen LogP contribution in [-0.4, -0.2) is 48.0 Å². The van der Waals surface area contributed by atoms with Gasteiger partial charge < -0.3 is 15.5 Å². The Morgan fingerprint density at radius 1 is 0.848 bits per heavy atom. The second kappa shape index (κ2) is 8.35. The molecule has 2 aliphatic rings. The van der Waals surface area contributed by atoms with Crippen molar-refractivity contribution in [3.63, 3.8) is 0 Å². The molecule has 1 heterocycles. The molecule has 33 heavy (non-hydrogen) atoms. The highest BCUT2D eigenvalue weighted by atomic mass is 16.2. The first-order chi connectivity index (χ1) is 16.0. The molecule has 0 atom stereocenters.